The number of fused-ring (bicyclic) bond motifs is 1. The van der Waals surface area contributed by atoms with E-state index < -0.39 is 10.0 Å². The van der Waals surface area contributed by atoms with Crippen molar-refractivity contribution in [3.63, 3.8) is 0 Å². The van der Waals surface area contributed by atoms with E-state index in [1.807, 2.05) is 24.3 Å². The molecule has 3 rings (SSSR count). The summed E-state index contributed by atoms with van der Waals surface area (Å²) in [5.74, 6) is 1.44. The average Bonchev–Trinajstić information content (AvgIpc) is 2.97. The van der Waals surface area contributed by atoms with Crippen LogP contribution in [0, 0.1) is 0 Å². The van der Waals surface area contributed by atoms with Gasteiger partial charge in [0.1, 0.15) is 18.1 Å². The minimum atomic E-state index is -3.53. The van der Waals surface area contributed by atoms with Gasteiger partial charge in [-0.05, 0) is 24.3 Å². The molecule has 0 saturated carbocycles. The molecule has 0 amide bonds. The van der Waals surface area contributed by atoms with Crippen molar-refractivity contribution in [3.05, 3.63) is 42.2 Å². The Morgan fingerprint density at radius 1 is 1.18 bits per heavy atom. The maximum absolute atomic E-state index is 12.0. The van der Waals surface area contributed by atoms with E-state index in [-0.39, 0.29) is 5.09 Å². The minimum absolute atomic E-state index is 0.0333. The first-order valence-electron chi connectivity index (χ1n) is 6.96. The van der Waals surface area contributed by atoms with Crippen molar-refractivity contribution < 1.29 is 17.6 Å². The van der Waals surface area contributed by atoms with Gasteiger partial charge in [-0.25, -0.2) is 12.7 Å². The van der Waals surface area contributed by atoms with Crippen molar-refractivity contribution in [2.24, 2.45) is 0 Å². The van der Waals surface area contributed by atoms with Crippen LogP contribution in [0.3, 0.4) is 0 Å². The van der Waals surface area contributed by atoms with E-state index in [0.717, 1.165) is 22.3 Å². The van der Waals surface area contributed by atoms with E-state index in [9.17, 15) is 8.42 Å². The molecule has 0 radical (unpaired) electrons. The fraction of sp³-hybridized carbons (Fsp3) is 0.333. The van der Waals surface area contributed by atoms with E-state index >= 15 is 0 Å². The SMILES string of the molecule is CN(C)S(=O)(=O)c1ccc(CN2CCOc3ccccc32)o1. The van der Waals surface area contributed by atoms with Crippen LogP contribution in [0.2, 0.25) is 0 Å². The number of ether oxygens (including phenoxy) is 1. The molecule has 1 aromatic heterocycles. The van der Waals surface area contributed by atoms with Gasteiger partial charge in [0.25, 0.3) is 10.0 Å². The Hall–Kier alpha value is -1.99. The summed E-state index contributed by atoms with van der Waals surface area (Å²) in [4.78, 5) is 2.11. The Kier molecular flexibility index (Phi) is 3.84. The molecule has 0 bridgehead atoms. The Bertz CT molecular complexity index is 767. The van der Waals surface area contributed by atoms with Gasteiger partial charge in [-0.1, -0.05) is 12.1 Å². The number of rotatable bonds is 4. The summed E-state index contributed by atoms with van der Waals surface area (Å²) in [5.41, 5.74) is 0.988. The number of hydrogen-bond donors (Lipinski definition) is 0. The van der Waals surface area contributed by atoms with E-state index in [1.54, 1.807) is 6.07 Å². The highest BCUT2D eigenvalue weighted by molar-refractivity contribution is 7.88. The molecule has 0 fully saturated rings. The third-order valence-electron chi connectivity index (χ3n) is 3.54. The van der Waals surface area contributed by atoms with Crippen LogP contribution in [0.15, 0.2) is 45.9 Å². The molecule has 0 aliphatic carbocycles. The zero-order chi connectivity index (χ0) is 15.7. The Balaban J connectivity index is 1.83. The molecule has 7 heteroatoms. The number of furan rings is 1. The second-order valence-electron chi connectivity index (χ2n) is 5.25. The van der Waals surface area contributed by atoms with Crippen molar-refractivity contribution in [2.45, 2.75) is 11.6 Å². The number of para-hydroxylation sites is 2. The Morgan fingerprint density at radius 3 is 2.73 bits per heavy atom. The number of hydrogen-bond acceptors (Lipinski definition) is 5. The van der Waals surface area contributed by atoms with Crippen LogP contribution in [-0.2, 0) is 16.6 Å². The van der Waals surface area contributed by atoms with E-state index in [4.69, 9.17) is 9.15 Å². The minimum Gasteiger partial charge on any atom is -0.490 e. The molecular formula is C15H18N2O4S. The molecule has 0 spiro atoms. The summed E-state index contributed by atoms with van der Waals surface area (Å²) in [7, 11) is -0.570. The molecule has 2 aromatic rings. The lowest BCUT2D eigenvalue weighted by atomic mass is 10.2. The maximum atomic E-state index is 12.0. The third-order valence-corrected chi connectivity index (χ3v) is 5.23. The van der Waals surface area contributed by atoms with Crippen LogP contribution in [0.5, 0.6) is 5.75 Å². The van der Waals surface area contributed by atoms with Crippen molar-refractivity contribution >= 4 is 15.7 Å². The van der Waals surface area contributed by atoms with Crippen LogP contribution in [0.25, 0.3) is 0 Å². The molecule has 22 heavy (non-hydrogen) atoms. The first kappa shape index (κ1) is 14.9. The normalized spacial score (nSPS) is 14.8. The fourth-order valence-corrected chi connectivity index (χ4v) is 3.15. The van der Waals surface area contributed by atoms with E-state index in [1.165, 1.54) is 20.2 Å². The second kappa shape index (κ2) is 5.66. The smallest absolute Gasteiger partial charge is 0.275 e. The van der Waals surface area contributed by atoms with Crippen LogP contribution in [-0.4, -0.2) is 40.0 Å². The molecule has 0 atom stereocenters. The van der Waals surface area contributed by atoms with Crippen molar-refractivity contribution in [2.75, 3.05) is 32.1 Å². The lowest BCUT2D eigenvalue weighted by molar-refractivity contribution is 0.303. The van der Waals surface area contributed by atoms with E-state index in [2.05, 4.69) is 4.90 Å². The summed E-state index contributed by atoms with van der Waals surface area (Å²) in [6.07, 6.45) is 0. The highest BCUT2D eigenvalue weighted by Crippen LogP contribution is 2.32. The Morgan fingerprint density at radius 2 is 1.95 bits per heavy atom. The van der Waals surface area contributed by atoms with Gasteiger partial charge in [0.15, 0.2) is 0 Å². The summed E-state index contributed by atoms with van der Waals surface area (Å²) >= 11 is 0. The van der Waals surface area contributed by atoms with Crippen LogP contribution < -0.4 is 9.64 Å². The fourth-order valence-electron chi connectivity index (χ4n) is 2.34. The zero-order valence-corrected chi connectivity index (χ0v) is 13.3. The molecule has 0 saturated heterocycles. The lowest BCUT2D eigenvalue weighted by Crippen LogP contribution is -2.31. The molecule has 0 N–H and O–H groups in total. The largest absolute Gasteiger partial charge is 0.490 e. The molecule has 118 valence electrons. The van der Waals surface area contributed by atoms with Gasteiger partial charge in [0, 0.05) is 14.1 Å². The van der Waals surface area contributed by atoms with Gasteiger partial charge in [-0.3, -0.25) is 0 Å². The lowest BCUT2D eigenvalue weighted by Gasteiger charge is -2.30. The molecule has 1 aromatic carbocycles. The third kappa shape index (κ3) is 2.69. The topological polar surface area (TPSA) is 63.0 Å². The Labute approximate surface area is 129 Å². The van der Waals surface area contributed by atoms with Gasteiger partial charge in [-0.15, -0.1) is 0 Å². The monoisotopic (exact) mass is 322 g/mol. The average molecular weight is 322 g/mol. The van der Waals surface area contributed by atoms with Gasteiger partial charge in [-0.2, -0.15) is 0 Å². The van der Waals surface area contributed by atoms with Crippen molar-refractivity contribution in [1.29, 1.82) is 0 Å². The highest BCUT2D eigenvalue weighted by Gasteiger charge is 2.23. The molecule has 1 aliphatic heterocycles. The van der Waals surface area contributed by atoms with Gasteiger partial charge in [0.2, 0.25) is 5.09 Å². The molecule has 2 heterocycles. The predicted molar refractivity (Wildman–Crippen MR) is 82.6 cm³/mol. The molecule has 1 aliphatic rings. The number of nitrogens with zero attached hydrogens (tertiary/aromatic N) is 2. The van der Waals surface area contributed by atoms with Crippen LogP contribution in [0.1, 0.15) is 5.76 Å². The molecular weight excluding hydrogens is 304 g/mol. The summed E-state index contributed by atoms with van der Waals surface area (Å²) in [5, 5.41) is -0.0333. The number of benzene rings is 1. The molecule has 0 unspecified atom stereocenters. The maximum Gasteiger partial charge on any atom is 0.275 e. The number of sulfonamides is 1. The quantitative estimate of drug-likeness (QED) is 0.861. The summed E-state index contributed by atoms with van der Waals surface area (Å²) in [6.45, 7) is 1.83. The van der Waals surface area contributed by atoms with Gasteiger partial charge >= 0.3 is 0 Å². The summed E-state index contributed by atoms with van der Waals surface area (Å²) in [6, 6.07) is 11.0. The first-order chi connectivity index (χ1) is 10.5. The van der Waals surface area contributed by atoms with Crippen LogP contribution >= 0.6 is 0 Å². The summed E-state index contributed by atoms with van der Waals surface area (Å²) < 4.78 is 36.3. The van der Waals surface area contributed by atoms with Gasteiger partial charge < -0.3 is 14.1 Å². The number of anilines is 1. The predicted octanol–water partition coefficient (Wildman–Crippen LogP) is 1.93. The highest BCUT2D eigenvalue weighted by atomic mass is 32.2. The zero-order valence-electron chi connectivity index (χ0n) is 12.5. The standard InChI is InChI=1S/C15H18N2O4S/c1-16(2)22(18,19)15-8-7-12(21-15)11-17-9-10-20-14-6-4-3-5-13(14)17/h3-8H,9-11H2,1-2H3. The first-order valence-corrected chi connectivity index (χ1v) is 8.40. The van der Waals surface area contributed by atoms with Crippen molar-refractivity contribution in [3.8, 4) is 5.75 Å². The molecule has 6 nitrogen and oxygen atoms in total. The van der Waals surface area contributed by atoms with Crippen LogP contribution in [0.4, 0.5) is 5.69 Å². The second-order valence-corrected chi connectivity index (χ2v) is 7.33. The van der Waals surface area contributed by atoms with Crippen molar-refractivity contribution in [1.82, 2.24) is 4.31 Å². The van der Waals surface area contributed by atoms with Gasteiger partial charge in [0.05, 0.1) is 18.8 Å². The van der Waals surface area contributed by atoms with E-state index in [0.29, 0.717) is 18.9 Å².